The molecule has 18 heavy (non-hydrogen) atoms. The number of allylic oxidation sites excluding steroid dienone is 2. The second-order valence-electron chi connectivity index (χ2n) is 4.05. The summed E-state index contributed by atoms with van der Waals surface area (Å²) in [7, 11) is 0. The lowest BCUT2D eigenvalue weighted by molar-refractivity contribution is 0.0924. The highest BCUT2D eigenvalue weighted by molar-refractivity contribution is 6.28. The van der Waals surface area contributed by atoms with E-state index < -0.39 is 45.7 Å². The zero-order valence-electron chi connectivity index (χ0n) is 9.61. The normalized spacial score (nSPS) is 15.0. The Labute approximate surface area is 101 Å². The summed E-state index contributed by atoms with van der Waals surface area (Å²) in [5, 5.41) is 38.5. The predicted octanol–water partition coefficient (Wildman–Crippen LogP) is 1.32. The highest BCUT2D eigenvalue weighted by Gasteiger charge is 2.37. The predicted molar refractivity (Wildman–Crippen MR) is 60.2 cm³/mol. The van der Waals surface area contributed by atoms with E-state index >= 15 is 0 Å². The Kier molecular flexibility index (Phi) is 2.32. The minimum Gasteiger partial charge on any atom is -0.507 e. The third-order valence-electron chi connectivity index (χ3n) is 3.02. The van der Waals surface area contributed by atoms with Gasteiger partial charge in [-0.05, 0) is 13.8 Å². The summed E-state index contributed by atoms with van der Waals surface area (Å²) >= 11 is 0. The summed E-state index contributed by atoms with van der Waals surface area (Å²) < 4.78 is 0. The molecule has 6 heteroatoms. The number of hydrogen-bond acceptors (Lipinski definition) is 6. The van der Waals surface area contributed by atoms with Gasteiger partial charge in [-0.2, -0.15) is 0 Å². The molecule has 0 bridgehead atoms. The quantitative estimate of drug-likeness (QED) is 0.407. The molecule has 0 atom stereocenters. The summed E-state index contributed by atoms with van der Waals surface area (Å²) in [5.41, 5.74) is -1.36. The van der Waals surface area contributed by atoms with Gasteiger partial charge in [-0.15, -0.1) is 0 Å². The summed E-state index contributed by atoms with van der Waals surface area (Å²) in [5.74, 6) is -4.61. The highest BCUT2D eigenvalue weighted by Crippen LogP contribution is 2.45. The fourth-order valence-electron chi connectivity index (χ4n) is 1.86. The van der Waals surface area contributed by atoms with Gasteiger partial charge in [-0.25, -0.2) is 0 Å². The number of Topliss-reactive ketones (excluding diaryl/α,β-unsaturated/α-hetero) is 2. The number of ketones is 2. The van der Waals surface area contributed by atoms with Crippen LogP contribution in [0.4, 0.5) is 0 Å². The maximum Gasteiger partial charge on any atom is 0.232 e. The second kappa shape index (κ2) is 3.49. The van der Waals surface area contributed by atoms with Crippen molar-refractivity contribution >= 4 is 11.6 Å². The van der Waals surface area contributed by atoms with Crippen LogP contribution >= 0.6 is 0 Å². The van der Waals surface area contributed by atoms with Crippen LogP contribution in [0.2, 0.25) is 0 Å². The summed E-state index contributed by atoms with van der Waals surface area (Å²) in [6.45, 7) is 2.48. The number of aliphatic hydroxyl groups excluding tert-OH is 1. The lowest BCUT2D eigenvalue weighted by Gasteiger charge is -2.19. The smallest absolute Gasteiger partial charge is 0.232 e. The first-order valence-electron chi connectivity index (χ1n) is 5.05. The average Bonchev–Trinajstić information content (AvgIpc) is 2.35. The molecule has 0 aliphatic heterocycles. The Morgan fingerprint density at radius 1 is 0.722 bits per heavy atom. The van der Waals surface area contributed by atoms with Gasteiger partial charge in [0, 0.05) is 11.1 Å². The fourth-order valence-corrected chi connectivity index (χ4v) is 1.86. The Bertz CT molecular complexity index is 584. The largest absolute Gasteiger partial charge is 0.507 e. The molecule has 0 amide bonds. The molecule has 1 aromatic rings. The third-order valence-corrected chi connectivity index (χ3v) is 3.02. The van der Waals surface area contributed by atoms with Crippen molar-refractivity contribution < 1.29 is 30.0 Å². The van der Waals surface area contributed by atoms with Crippen molar-refractivity contribution in [1.29, 1.82) is 0 Å². The van der Waals surface area contributed by atoms with Crippen LogP contribution in [0.1, 0.15) is 33.2 Å². The van der Waals surface area contributed by atoms with Gasteiger partial charge in [0.25, 0.3) is 0 Å². The van der Waals surface area contributed by atoms with Crippen molar-refractivity contribution in [2.45, 2.75) is 13.8 Å². The maximum atomic E-state index is 11.9. The molecule has 1 aliphatic carbocycles. The minimum atomic E-state index is -0.960. The van der Waals surface area contributed by atoms with Crippen molar-refractivity contribution in [3.63, 3.8) is 0 Å². The Balaban J connectivity index is 2.96. The molecule has 0 saturated carbocycles. The van der Waals surface area contributed by atoms with Crippen molar-refractivity contribution in [2.75, 3.05) is 0 Å². The Hall–Kier alpha value is -2.50. The molecular formula is C12H10O6. The maximum absolute atomic E-state index is 11.9. The number of phenolic OH excluding ortho intramolecular Hbond substituents is 3. The second-order valence-corrected chi connectivity index (χ2v) is 4.05. The van der Waals surface area contributed by atoms with Gasteiger partial charge in [0.15, 0.2) is 23.0 Å². The first-order valence-corrected chi connectivity index (χ1v) is 5.05. The van der Waals surface area contributed by atoms with E-state index in [0.29, 0.717) is 0 Å². The van der Waals surface area contributed by atoms with Crippen LogP contribution in [-0.2, 0) is 0 Å². The number of carbonyl (C=O) groups excluding carboxylic acids is 2. The topological polar surface area (TPSA) is 115 Å². The molecule has 0 radical (unpaired) electrons. The van der Waals surface area contributed by atoms with Crippen molar-refractivity contribution in [2.24, 2.45) is 0 Å². The number of rotatable bonds is 0. The molecule has 4 N–H and O–H groups in total. The van der Waals surface area contributed by atoms with E-state index in [4.69, 9.17) is 0 Å². The molecule has 0 aromatic heterocycles. The zero-order valence-corrected chi connectivity index (χ0v) is 9.61. The number of phenols is 3. The van der Waals surface area contributed by atoms with E-state index in [2.05, 4.69) is 0 Å². The van der Waals surface area contributed by atoms with Gasteiger partial charge < -0.3 is 20.4 Å². The van der Waals surface area contributed by atoms with E-state index in [1.807, 2.05) is 0 Å². The van der Waals surface area contributed by atoms with Crippen LogP contribution in [0.15, 0.2) is 11.3 Å². The summed E-state index contributed by atoms with van der Waals surface area (Å²) in [4.78, 5) is 23.7. The highest BCUT2D eigenvalue weighted by atomic mass is 16.3. The van der Waals surface area contributed by atoms with Crippen LogP contribution in [0, 0.1) is 6.92 Å². The number of fused-ring (bicyclic) bond motifs is 1. The van der Waals surface area contributed by atoms with Gasteiger partial charge in [-0.3, -0.25) is 9.59 Å². The van der Waals surface area contributed by atoms with Crippen molar-refractivity contribution in [3.8, 4) is 17.2 Å². The van der Waals surface area contributed by atoms with Crippen LogP contribution < -0.4 is 0 Å². The van der Waals surface area contributed by atoms with Crippen LogP contribution in [-0.4, -0.2) is 32.0 Å². The summed E-state index contributed by atoms with van der Waals surface area (Å²) in [6, 6.07) is 0. The Morgan fingerprint density at radius 3 is 1.78 bits per heavy atom. The molecular weight excluding hydrogens is 240 g/mol. The SMILES string of the molecule is CC1=C(O)C(=O)c2c(O)c(C)c(O)c(O)c2C1=O. The van der Waals surface area contributed by atoms with Gasteiger partial charge in [0.1, 0.15) is 5.75 Å². The number of hydrogen-bond donors (Lipinski definition) is 4. The average molecular weight is 250 g/mol. The number of carbonyl (C=O) groups is 2. The lowest BCUT2D eigenvalue weighted by Crippen LogP contribution is -2.21. The minimum absolute atomic E-state index is 0.139. The third kappa shape index (κ3) is 1.22. The first-order chi connectivity index (χ1) is 8.29. The van der Waals surface area contributed by atoms with Crippen molar-refractivity contribution in [3.05, 3.63) is 28.0 Å². The molecule has 0 fully saturated rings. The van der Waals surface area contributed by atoms with Gasteiger partial charge in [0.05, 0.1) is 11.1 Å². The number of aromatic hydroxyl groups is 3. The monoisotopic (exact) mass is 250 g/mol. The molecule has 2 rings (SSSR count). The van der Waals surface area contributed by atoms with Crippen LogP contribution in [0.25, 0.3) is 0 Å². The van der Waals surface area contributed by atoms with E-state index in [1.54, 1.807) is 0 Å². The van der Waals surface area contributed by atoms with E-state index in [9.17, 15) is 30.0 Å². The van der Waals surface area contributed by atoms with E-state index in [0.717, 1.165) is 0 Å². The molecule has 0 spiro atoms. The van der Waals surface area contributed by atoms with Gasteiger partial charge in [-0.1, -0.05) is 0 Å². The van der Waals surface area contributed by atoms with Gasteiger partial charge in [0.2, 0.25) is 5.78 Å². The molecule has 0 unspecified atom stereocenters. The molecule has 6 nitrogen and oxygen atoms in total. The Morgan fingerprint density at radius 2 is 1.22 bits per heavy atom. The molecule has 94 valence electrons. The van der Waals surface area contributed by atoms with Crippen LogP contribution in [0.3, 0.4) is 0 Å². The van der Waals surface area contributed by atoms with Crippen molar-refractivity contribution in [1.82, 2.24) is 0 Å². The molecule has 0 saturated heterocycles. The molecule has 1 aromatic carbocycles. The fraction of sp³-hybridized carbons (Fsp3) is 0.167. The number of benzene rings is 1. The molecule has 0 heterocycles. The number of aliphatic hydroxyl groups is 1. The summed E-state index contributed by atoms with van der Waals surface area (Å²) in [6.07, 6.45) is 0. The first kappa shape index (κ1) is 12.0. The van der Waals surface area contributed by atoms with Gasteiger partial charge >= 0.3 is 0 Å². The van der Waals surface area contributed by atoms with E-state index in [-0.39, 0.29) is 11.1 Å². The molecule has 1 aliphatic rings. The van der Waals surface area contributed by atoms with Crippen LogP contribution in [0.5, 0.6) is 17.2 Å². The van der Waals surface area contributed by atoms with E-state index in [1.165, 1.54) is 13.8 Å². The standard InChI is InChI=1S/C12H10O6/c1-3-7(13)5-6(11(17)9(3)15)8(14)4(2)10(16)12(5)18/h13,15-17H,1-2H3. The zero-order chi connectivity index (χ0) is 13.8. The lowest BCUT2D eigenvalue weighted by atomic mass is 9.86.